The molecule has 17 heavy (non-hydrogen) atoms. The van der Waals surface area contributed by atoms with Gasteiger partial charge in [0.25, 0.3) is 0 Å². The molecule has 0 aromatic heterocycles. The number of aliphatic hydroxyl groups is 1. The number of aliphatic hydroxyl groups excluding tert-OH is 1. The van der Waals surface area contributed by atoms with E-state index in [0.717, 1.165) is 45.2 Å². The molecule has 2 amide bonds. The number of likely N-dealkylation sites (tertiary alicyclic amines) is 1. The number of carbonyl (C=O) groups is 1. The van der Waals surface area contributed by atoms with Gasteiger partial charge in [0, 0.05) is 13.1 Å². The van der Waals surface area contributed by atoms with Gasteiger partial charge in [0.2, 0.25) is 0 Å². The second kappa shape index (κ2) is 5.25. The molecule has 0 aromatic rings. The zero-order valence-corrected chi connectivity index (χ0v) is 10.7. The van der Waals surface area contributed by atoms with Gasteiger partial charge < -0.3 is 15.3 Å². The third-order valence-electron chi connectivity index (χ3n) is 4.18. The average molecular weight is 240 g/mol. The number of carbonyl (C=O) groups excluding carboxylic acids is 1. The Morgan fingerprint density at radius 2 is 2.12 bits per heavy atom. The molecule has 98 valence electrons. The Morgan fingerprint density at radius 3 is 2.71 bits per heavy atom. The van der Waals surface area contributed by atoms with Gasteiger partial charge in [0.15, 0.2) is 0 Å². The summed E-state index contributed by atoms with van der Waals surface area (Å²) in [6, 6.07) is 0.0208. The Kier molecular flexibility index (Phi) is 3.92. The molecule has 1 aliphatic heterocycles. The molecule has 0 aromatic carbocycles. The Balaban J connectivity index is 1.91. The third kappa shape index (κ3) is 2.92. The molecule has 0 radical (unpaired) electrons. The van der Waals surface area contributed by atoms with Crippen LogP contribution in [0.4, 0.5) is 4.79 Å². The van der Waals surface area contributed by atoms with Crippen molar-refractivity contribution in [1.29, 1.82) is 0 Å². The fraction of sp³-hybridized carbons (Fsp3) is 0.923. The van der Waals surface area contributed by atoms with E-state index in [4.69, 9.17) is 0 Å². The van der Waals surface area contributed by atoms with Crippen LogP contribution >= 0.6 is 0 Å². The highest BCUT2D eigenvalue weighted by Crippen LogP contribution is 2.29. The minimum atomic E-state index is -0.336. The van der Waals surface area contributed by atoms with Gasteiger partial charge in [-0.05, 0) is 31.6 Å². The minimum absolute atomic E-state index is 0.0208. The average Bonchev–Trinajstić information content (AvgIpc) is 2.78. The lowest BCUT2D eigenvalue weighted by molar-refractivity contribution is 0.132. The number of rotatable bonds is 2. The first-order valence-electron chi connectivity index (χ1n) is 6.83. The van der Waals surface area contributed by atoms with Crippen molar-refractivity contribution in [3.05, 3.63) is 0 Å². The van der Waals surface area contributed by atoms with Crippen molar-refractivity contribution < 1.29 is 9.90 Å². The summed E-state index contributed by atoms with van der Waals surface area (Å²) in [4.78, 5) is 14.1. The molecule has 2 N–H and O–H groups in total. The Bertz CT molecular complexity index is 275. The molecule has 1 heterocycles. The maximum Gasteiger partial charge on any atom is 0.317 e. The number of piperidine rings is 1. The van der Waals surface area contributed by atoms with Gasteiger partial charge in [-0.2, -0.15) is 0 Å². The van der Waals surface area contributed by atoms with Crippen LogP contribution in [0.15, 0.2) is 0 Å². The zero-order valence-electron chi connectivity index (χ0n) is 10.7. The SMILES string of the molecule is CC1CCCN(C(=O)NC2(CO)CCCC2)C1. The zero-order chi connectivity index (χ0) is 12.3. The first-order valence-corrected chi connectivity index (χ1v) is 6.83. The molecule has 2 aliphatic rings. The van der Waals surface area contributed by atoms with E-state index in [0.29, 0.717) is 5.92 Å². The quantitative estimate of drug-likeness (QED) is 0.772. The fourth-order valence-electron chi connectivity index (χ4n) is 3.05. The van der Waals surface area contributed by atoms with E-state index in [2.05, 4.69) is 12.2 Å². The van der Waals surface area contributed by atoms with Crippen LogP contribution in [0.3, 0.4) is 0 Å². The van der Waals surface area contributed by atoms with E-state index in [1.165, 1.54) is 6.42 Å². The largest absolute Gasteiger partial charge is 0.394 e. The molecule has 1 atom stereocenters. The molecular formula is C13H24N2O2. The van der Waals surface area contributed by atoms with Crippen molar-refractivity contribution in [3.63, 3.8) is 0 Å². The molecule has 4 heteroatoms. The lowest BCUT2D eigenvalue weighted by atomic mass is 9.98. The van der Waals surface area contributed by atoms with Gasteiger partial charge in [-0.3, -0.25) is 0 Å². The number of nitrogens with one attached hydrogen (secondary N) is 1. The summed E-state index contributed by atoms with van der Waals surface area (Å²) in [7, 11) is 0. The van der Waals surface area contributed by atoms with Crippen LogP contribution < -0.4 is 5.32 Å². The van der Waals surface area contributed by atoms with E-state index < -0.39 is 0 Å². The van der Waals surface area contributed by atoms with E-state index in [9.17, 15) is 9.90 Å². The van der Waals surface area contributed by atoms with Gasteiger partial charge in [-0.15, -0.1) is 0 Å². The van der Waals surface area contributed by atoms with Crippen molar-refractivity contribution in [3.8, 4) is 0 Å². The molecule has 1 saturated carbocycles. The highest BCUT2D eigenvalue weighted by molar-refractivity contribution is 5.75. The van der Waals surface area contributed by atoms with Crippen molar-refractivity contribution >= 4 is 6.03 Å². The summed E-state index contributed by atoms with van der Waals surface area (Å²) < 4.78 is 0. The van der Waals surface area contributed by atoms with Crippen molar-refractivity contribution in [2.75, 3.05) is 19.7 Å². The summed E-state index contributed by atoms with van der Waals surface area (Å²) in [5.74, 6) is 0.600. The highest BCUT2D eigenvalue weighted by atomic mass is 16.3. The van der Waals surface area contributed by atoms with Crippen LogP contribution in [0.1, 0.15) is 45.4 Å². The third-order valence-corrected chi connectivity index (χ3v) is 4.18. The number of amides is 2. The summed E-state index contributed by atoms with van der Waals surface area (Å²) in [6.45, 7) is 3.98. The second-order valence-corrected chi connectivity index (χ2v) is 5.77. The van der Waals surface area contributed by atoms with Crippen molar-refractivity contribution in [1.82, 2.24) is 10.2 Å². The van der Waals surface area contributed by atoms with Gasteiger partial charge in [0.05, 0.1) is 12.1 Å². The van der Waals surface area contributed by atoms with E-state index in [1.54, 1.807) is 0 Å². The topological polar surface area (TPSA) is 52.6 Å². The summed E-state index contributed by atoms with van der Waals surface area (Å²) in [5, 5.41) is 12.6. The lowest BCUT2D eigenvalue weighted by Crippen LogP contribution is -2.55. The Hall–Kier alpha value is -0.770. The Labute approximate surface area is 103 Å². The summed E-state index contributed by atoms with van der Waals surface area (Å²) in [5.41, 5.74) is -0.336. The molecule has 1 saturated heterocycles. The van der Waals surface area contributed by atoms with Crippen molar-refractivity contribution in [2.45, 2.75) is 51.0 Å². The smallest absolute Gasteiger partial charge is 0.317 e. The van der Waals surface area contributed by atoms with Crippen LogP contribution in [0, 0.1) is 5.92 Å². The van der Waals surface area contributed by atoms with E-state index >= 15 is 0 Å². The Morgan fingerprint density at radius 1 is 1.41 bits per heavy atom. The maximum absolute atomic E-state index is 12.2. The van der Waals surface area contributed by atoms with Crippen LogP contribution in [0.5, 0.6) is 0 Å². The summed E-state index contributed by atoms with van der Waals surface area (Å²) >= 11 is 0. The van der Waals surface area contributed by atoms with Gasteiger partial charge >= 0.3 is 6.03 Å². The number of urea groups is 1. The van der Waals surface area contributed by atoms with Crippen LogP contribution in [0.25, 0.3) is 0 Å². The van der Waals surface area contributed by atoms with Crippen molar-refractivity contribution in [2.24, 2.45) is 5.92 Å². The van der Waals surface area contributed by atoms with Crippen LogP contribution in [-0.4, -0.2) is 41.3 Å². The lowest BCUT2D eigenvalue weighted by Gasteiger charge is -2.35. The van der Waals surface area contributed by atoms with Gasteiger partial charge in [0.1, 0.15) is 0 Å². The molecule has 2 rings (SSSR count). The van der Waals surface area contributed by atoms with Crippen LogP contribution in [0.2, 0.25) is 0 Å². The second-order valence-electron chi connectivity index (χ2n) is 5.77. The number of hydrogen-bond donors (Lipinski definition) is 2. The molecule has 2 fully saturated rings. The highest BCUT2D eigenvalue weighted by Gasteiger charge is 2.36. The molecule has 0 bridgehead atoms. The molecule has 1 aliphatic carbocycles. The van der Waals surface area contributed by atoms with Crippen LogP contribution in [-0.2, 0) is 0 Å². The van der Waals surface area contributed by atoms with Gasteiger partial charge in [-0.1, -0.05) is 19.8 Å². The number of hydrogen-bond acceptors (Lipinski definition) is 2. The first kappa shape index (κ1) is 12.7. The molecular weight excluding hydrogens is 216 g/mol. The minimum Gasteiger partial charge on any atom is -0.394 e. The predicted octanol–water partition coefficient (Wildman–Crippen LogP) is 1.73. The maximum atomic E-state index is 12.2. The monoisotopic (exact) mass is 240 g/mol. The first-order chi connectivity index (χ1) is 8.15. The predicted molar refractivity (Wildman–Crippen MR) is 66.8 cm³/mol. The molecule has 0 spiro atoms. The summed E-state index contributed by atoms with van der Waals surface area (Å²) in [6.07, 6.45) is 6.36. The fourth-order valence-corrected chi connectivity index (χ4v) is 3.05. The van der Waals surface area contributed by atoms with E-state index in [1.807, 2.05) is 4.90 Å². The molecule has 1 unspecified atom stereocenters. The normalized spacial score (nSPS) is 28.1. The standard InChI is InChI=1S/C13H24N2O2/c1-11-5-4-8-15(9-11)12(17)14-13(10-16)6-2-3-7-13/h11,16H,2-10H2,1H3,(H,14,17). The molecule has 4 nitrogen and oxygen atoms in total. The van der Waals surface area contributed by atoms with E-state index in [-0.39, 0.29) is 18.2 Å². The number of nitrogens with zero attached hydrogens (tertiary/aromatic N) is 1. The van der Waals surface area contributed by atoms with Gasteiger partial charge in [-0.25, -0.2) is 4.79 Å².